The molecule has 1 amide bonds. The molecule has 0 aromatic heterocycles. The minimum atomic E-state index is -4.65. The number of rotatable bonds is 4. The van der Waals surface area contributed by atoms with E-state index in [9.17, 15) is 23.1 Å². The van der Waals surface area contributed by atoms with Gasteiger partial charge in [-0.05, 0) is 60.7 Å². The second-order valence-electron chi connectivity index (χ2n) is 6.06. The summed E-state index contributed by atoms with van der Waals surface area (Å²) in [7, 11) is 0. The van der Waals surface area contributed by atoms with Crippen LogP contribution >= 0.6 is 11.6 Å². The highest BCUT2D eigenvalue weighted by atomic mass is 35.5. The van der Waals surface area contributed by atoms with E-state index < -0.39 is 23.4 Å². The number of alkyl halides is 3. The highest BCUT2D eigenvalue weighted by Gasteiger charge is 2.31. The number of ether oxygens (including phenoxy) is 1. The fourth-order valence-electron chi connectivity index (χ4n) is 2.50. The van der Waals surface area contributed by atoms with Crippen molar-refractivity contribution in [2.75, 3.05) is 5.32 Å². The van der Waals surface area contributed by atoms with E-state index in [2.05, 4.69) is 5.32 Å². The summed E-state index contributed by atoms with van der Waals surface area (Å²) in [5, 5.41) is 21.2. The van der Waals surface area contributed by atoms with Crippen molar-refractivity contribution in [1.82, 2.24) is 0 Å². The molecular weight excluding hydrogens is 421 g/mol. The predicted octanol–water partition coefficient (Wildman–Crippen LogP) is 5.98. The molecule has 0 aliphatic carbocycles. The summed E-state index contributed by atoms with van der Waals surface area (Å²) in [5.74, 6) is -1.09. The van der Waals surface area contributed by atoms with Gasteiger partial charge in [-0.25, -0.2) is 0 Å². The number of hydrogen-bond acceptors (Lipinski definition) is 4. The Hall–Kier alpha value is -3.70. The van der Waals surface area contributed by atoms with Crippen LogP contribution in [-0.2, 0) is 6.18 Å². The summed E-state index contributed by atoms with van der Waals surface area (Å²) in [6.45, 7) is 0. The van der Waals surface area contributed by atoms with Gasteiger partial charge in [0.1, 0.15) is 11.5 Å². The van der Waals surface area contributed by atoms with E-state index >= 15 is 0 Å². The molecular formula is C21H12ClF3N2O3. The topological polar surface area (TPSA) is 82.3 Å². The molecule has 0 aliphatic rings. The Morgan fingerprint density at radius 2 is 1.77 bits per heavy atom. The van der Waals surface area contributed by atoms with Gasteiger partial charge in [0.05, 0.1) is 28.4 Å². The molecule has 0 saturated heterocycles. The van der Waals surface area contributed by atoms with Crippen molar-refractivity contribution < 1.29 is 27.8 Å². The van der Waals surface area contributed by atoms with Crippen molar-refractivity contribution in [3.8, 4) is 23.3 Å². The van der Waals surface area contributed by atoms with Gasteiger partial charge in [-0.2, -0.15) is 18.4 Å². The number of hydrogen-bond donors (Lipinski definition) is 2. The maximum absolute atomic E-state index is 13.1. The van der Waals surface area contributed by atoms with Crippen LogP contribution in [0.1, 0.15) is 21.5 Å². The molecule has 3 aromatic carbocycles. The normalized spacial score (nSPS) is 10.9. The maximum Gasteiger partial charge on any atom is 0.416 e. The van der Waals surface area contributed by atoms with Crippen LogP contribution in [0.25, 0.3) is 0 Å². The fourth-order valence-corrected chi connectivity index (χ4v) is 2.67. The van der Waals surface area contributed by atoms with Crippen LogP contribution < -0.4 is 10.1 Å². The molecule has 30 heavy (non-hydrogen) atoms. The van der Waals surface area contributed by atoms with Gasteiger partial charge in [0, 0.05) is 5.02 Å². The molecule has 0 unspecified atom stereocenters. The summed E-state index contributed by atoms with van der Waals surface area (Å²) in [4.78, 5) is 12.5. The average molecular weight is 433 g/mol. The zero-order valence-electron chi connectivity index (χ0n) is 15.0. The van der Waals surface area contributed by atoms with Crippen LogP contribution in [0.4, 0.5) is 18.9 Å². The Bertz CT molecular complexity index is 1140. The van der Waals surface area contributed by atoms with Crippen LogP contribution in [0.5, 0.6) is 17.2 Å². The molecule has 0 bridgehead atoms. The first kappa shape index (κ1) is 21.0. The largest absolute Gasteiger partial charge is 0.507 e. The van der Waals surface area contributed by atoms with Crippen molar-refractivity contribution in [2.45, 2.75) is 6.18 Å². The Morgan fingerprint density at radius 1 is 1.07 bits per heavy atom. The van der Waals surface area contributed by atoms with E-state index in [1.165, 1.54) is 42.5 Å². The molecule has 0 aliphatic heterocycles. The number of benzene rings is 3. The molecule has 3 rings (SSSR count). The SMILES string of the molecule is N#Cc1ccc(Oc2ccc(C(F)(F)F)cc2NC(=O)c2cc(Cl)ccc2O)cc1. The molecule has 5 nitrogen and oxygen atoms in total. The molecule has 3 aromatic rings. The number of phenols is 1. The number of aromatic hydroxyl groups is 1. The van der Waals surface area contributed by atoms with Crippen LogP contribution in [0, 0.1) is 11.3 Å². The van der Waals surface area contributed by atoms with Crippen LogP contribution in [0.2, 0.25) is 5.02 Å². The van der Waals surface area contributed by atoms with E-state index in [1.807, 2.05) is 6.07 Å². The van der Waals surface area contributed by atoms with E-state index in [-0.39, 0.29) is 27.8 Å². The van der Waals surface area contributed by atoms with Gasteiger partial charge in [-0.1, -0.05) is 11.6 Å². The monoisotopic (exact) mass is 432 g/mol. The quantitative estimate of drug-likeness (QED) is 0.531. The number of phenolic OH excluding ortho intramolecular Hbond substituents is 1. The standard InChI is InChI=1S/C21H12ClF3N2O3/c22-14-4-7-18(28)16(10-14)20(29)27-17-9-13(21(23,24)25)3-8-19(17)30-15-5-1-12(11-26)2-6-15/h1-10,28H,(H,27,29). The number of halogens is 4. The summed E-state index contributed by atoms with van der Waals surface area (Å²) < 4.78 is 45.0. The van der Waals surface area contributed by atoms with Crippen molar-refractivity contribution in [3.63, 3.8) is 0 Å². The third-order valence-corrected chi connectivity index (χ3v) is 4.20. The number of anilines is 1. The highest BCUT2D eigenvalue weighted by Crippen LogP contribution is 2.37. The Kier molecular flexibility index (Phi) is 5.85. The lowest BCUT2D eigenvalue weighted by Gasteiger charge is -2.15. The molecule has 0 radical (unpaired) electrons. The molecule has 0 spiro atoms. The summed E-state index contributed by atoms with van der Waals surface area (Å²) >= 11 is 5.82. The smallest absolute Gasteiger partial charge is 0.416 e. The molecule has 0 heterocycles. The van der Waals surface area contributed by atoms with Crippen LogP contribution in [-0.4, -0.2) is 11.0 Å². The molecule has 0 fully saturated rings. The lowest BCUT2D eigenvalue weighted by atomic mass is 10.1. The van der Waals surface area contributed by atoms with Crippen LogP contribution in [0.15, 0.2) is 60.7 Å². The minimum Gasteiger partial charge on any atom is -0.507 e. The van der Waals surface area contributed by atoms with Gasteiger partial charge in [-0.3, -0.25) is 4.79 Å². The lowest BCUT2D eigenvalue weighted by molar-refractivity contribution is -0.137. The number of nitrogens with zero attached hydrogens (tertiary/aromatic N) is 1. The van der Waals surface area contributed by atoms with E-state index in [1.54, 1.807) is 0 Å². The molecule has 2 N–H and O–H groups in total. The van der Waals surface area contributed by atoms with E-state index in [0.717, 1.165) is 18.2 Å². The Balaban J connectivity index is 1.97. The van der Waals surface area contributed by atoms with E-state index in [0.29, 0.717) is 5.56 Å². The number of amides is 1. The first-order chi connectivity index (χ1) is 14.2. The predicted molar refractivity (Wildman–Crippen MR) is 104 cm³/mol. The summed E-state index contributed by atoms with van der Waals surface area (Å²) in [6, 6.07) is 14.1. The van der Waals surface area contributed by atoms with Gasteiger partial charge in [0.2, 0.25) is 0 Å². The second-order valence-corrected chi connectivity index (χ2v) is 6.50. The van der Waals surface area contributed by atoms with Crippen molar-refractivity contribution in [3.05, 3.63) is 82.4 Å². The summed E-state index contributed by atoms with van der Waals surface area (Å²) in [6.07, 6.45) is -4.65. The Labute approximate surface area is 173 Å². The number of nitriles is 1. The fraction of sp³-hybridized carbons (Fsp3) is 0.0476. The van der Waals surface area contributed by atoms with Gasteiger partial charge in [0.15, 0.2) is 5.75 Å². The second kappa shape index (κ2) is 8.35. The first-order valence-electron chi connectivity index (χ1n) is 8.36. The average Bonchev–Trinajstić information content (AvgIpc) is 2.70. The van der Waals surface area contributed by atoms with Gasteiger partial charge in [-0.15, -0.1) is 0 Å². The van der Waals surface area contributed by atoms with E-state index in [4.69, 9.17) is 21.6 Å². The number of carbonyl (C=O) groups excluding carboxylic acids is 1. The third kappa shape index (κ3) is 4.82. The lowest BCUT2D eigenvalue weighted by Crippen LogP contribution is -2.14. The van der Waals surface area contributed by atoms with Gasteiger partial charge in [0.25, 0.3) is 5.91 Å². The molecule has 0 saturated carbocycles. The van der Waals surface area contributed by atoms with Crippen LogP contribution in [0.3, 0.4) is 0 Å². The molecule has 9 heteroatoms. The van der Waals surface area contributed by atoms with Gasteiger partial charge >= 0.3 is 6.18 Å². The maximum atomic E-state index is 13.1. The molecule has 0 atom stereocenters. The first-order valence-corrected chi connectivity index (χ1v) is 8.74. The zero-order valence-corrected chi connectivity index (χ0v) is 15.8. The van der Waals surface area contributed by atoms with Crippen molar-refractivity contribution >= 4 is 23.2 Å². The Morgan fingerprint density at radius 3 is 2.40 bits per heavy atom. The highest BCUT2D eigenvalue weighted by molar-refractivity contribution is 6.31. The number of nitrogens with one attached hydrogen (secondary N) is 1. The molecule has 152 valence electrons. The third-order valence-electron chi connectivity index (χ3n) is 3.97. The van der Waals surface area contributed by atoms with Gasteiger partial charge < -0.3 is 15.2 Å². The van der Waals surface area contributed by atoms with Crippen molar-refractivity contribution in [2.24, 2.45) is 0 Å². The zero-order chi connectivity index (χ0) is 21.9. The minimum absolute atomic E-state index is 0.0671. The van der Waals surface area contributed by atoms with Crippen molar-refractivity contribution in [1.29, 1.82) is 5.26 Å². The summed E-state index contributed by atoms with van der Waals surface area (Å²) in [5.41, 5.74) is -1.11. The number of carbonyl (C=O) groups is 1.